The van der Waals surface area contributed by atoms with Gasteiger partial charge in [0.25, 0.3) is 0 Å². The number of hydrogen-bond acceptors (Lipinski definition) is 4. The largest absolute Gasteiger partial charge is 0.435 e. The van der Waals surface area contributed by atoms with Gasteiger partial charge in [0.2, 0.25) is 0 Å². The van der Waals surface area contributed by atoms with E-state index in [0.29, 0.717) is 11.7 Å². The molecule has 0 aliphatic carbocycles. The number of rotatable bonds is 2. The van der Waals surface area contributed by atoms with Gasteiger partial charge in [-0.2, -0.15) is 13.2 Å². The molecule has 0 radical (unpaired) electrons. The molecule has 1 aromatic heterocycles. The molecule has 1 aromatic rings. The minimum absolute atomic E-state index is 0.224. The Kier molecular flexibility index (Phi) is 3.93. The van der Waals surface area contributed by atoms with Crippen LogP contribution >= 0.6 is 0 Å². The fraction of sp³-hybridized carbons (Fsp3) is 0.667. The second kappa shape index (κ2) is 5.32. The number of piperidine rings is 1. The van der Waals surface area contributed by atoms with Crippen LogP contribution in [0.4, 0.5) is 19.0 Å². The molecule has 1 fully saturated rings. The maximum absolute atomic E-state index is 12.4. The molecule has 2 unspecified atom stereocenters. The highest BCUT2D eigenvalue weighted by molar-refractivity contribution is 5.35. The van der Waals surface area contributed by atoms with E-state index in [9.17, 15) is 13.2 Å². The molecule has 19 heavy (non-hydrogen) atoms. The lowest BCUT2D eigenvalue weighted by atomic mass is 9.94. The lowest BCUT2D eigenvalue weighted by Crippen LogP contribution is -2.43. The van der Waals surface area contributed by atoms with Crippen molar-refractivity contribution in [3.05, 3.63) is 17.8 Å². The van der Waals surface area contributed by atoms with Crippen LogP contribution in [0.2, 0.25) is 0 Å². The lowest BCUT2D eigenvalue weighted by Gasteiger charge is -2.35. The number of halogens is 3. The highest BCUT2D eigenvalue weighted by Crippen LogP contribution is 2.27. The Morgan fingerprint density at radius 2 is 2.05 bits per heavy atom. The first-order valence-electron chi connectivity index (χ1n) is 6.22. The third-order valence-corrected chi connectivity index (χ3v) is 3.40. The molecule has 7 heteroatoms. The van der Waals surface area contributed by atoms with Gasteiger partial charge in [0, 0.05) is 12.6 Å². The van der Waals surface area contributed by atoms with E-state index in [1.807, 2.05) is 0 Å². The predicted octanol–water partition coefficient (Wildman–Crippen LogP) is 2.25. The van der Waals surface area contributed by atoms with Crippen LogP contribution < -0.4 is 5.32 Å². The first kappa shape index (κ1) is 14.0. The van der Waals surface area contributed by atoms with Crippen LogP contribution in [0.25, 0.3) is 0 Å². The summed E-state index contributed by atoms with van der Waals surface area (Å²) in [5.41, 5.74) is -0.963. The van der Waals surface area contributed by atoms with E-state index in [-0.39, 0.29) is 6.04 Å². The molecule has 0 amide bonds. The number of nitrogens with zero attached hydrogens (tertiary/aromatic N) is 3. The van der Waals surface area contributed by atoms with Gasteiger partial charge in [-0.05, 0) is 38.1 Å². The minimum Gasteiger partial charge on any atom is -0.365 e. The summed E-state index contributed by atoms with van der Waals surface area (Å²) in [6.07, 6.45) is -3.49. The number of hydrogen-bond donors (Lipinski definition) is 1. The van der Waals surface area contributed by atoms with E-state index in [0.717, 1.165) is 25.6 Å². The van der Waals surface area contributed by atoms with Gasteiger partial charge in [-0.25, -0.2) is 0 Å². The Morgan fingerprint density at radius 3 is 2.58 bits per heavy atom. The highest BCUT2D eigenvalue weighted by Gasteiger charge is 2.33. The van der Waals surface area contributed by atoms with Crippen molar-refractivity contribution >= 4 is 5.82 Å². The monoisotopic (exact) mass is 274 g/mol. The topological polar surface area (TPSA) is 41.0 Å². The van der Waals surface area contributed by atoms with Crippen molar-refractivity contribution in [2.45, 2.75) is 25.6 Å². The van der Waals surface area contributed by atoms with Gasteiger partial charge < -0.3 is 10.2 Å². The quantitative estimate of drug-likeness (QED) is 0.898. The number of anilines is 1. The summed E-state index contributed by atoms with van der Waals surface area (Å²) in [4.78, 5) is 2.24. The molecule has 0 saturated carbocycles. The Bertz CT molecular complexity index is 418. The standard InChI is InChI=1S/C12H17F3N4/c1-8-7-19(2)6-5-9(8)16-11-4-3-10(17-18-11)12(13,14)15/h3-4,8-9H,5-7H2,1-2H3,(H,16,18). The van der Waals surface area contributed by atoms with Crippen molar-refractivity contribution in [3.63, 3.8) is 0 Å². The molecule has 1 aliphatic rings. The van der Waals surface area contributed by atoms with Crippen LogP contribution in [0.1, 0.15) is 19.0 Å². The van der Waals surface area contributed by atoms with Gasteiger partial charge in [0.15, 0.2) is 5.69 Å². The Balaban J connectivity index is 2.00. The first-order valence-corrected chi connectivity index (χ1v) is 6.22. The molecule has 2 atom stereocenters. The van der Waals surface area contributed by atoms with E-state index < -0.39 is 11.9 Å². The smallest absolute Gasteiger partial charge is 0.365 e. The van der Waals surface area contributed by atoms with Crippen molar-refractivity contribution in [2.75, 3.05) is 25.5 Å². The van der Waals surface area contributed by atoms with Gasteiger partial charge in [-0.1, -0.05) is 6.92 Å². The van der Waals surface area contributed by atoms with E-state index >= 15 is 0 Å². The van der Waals surface area contributed by atoms with Crippen molar-refractivity contribution in [3.8, 4) is 0 Å². The second-order valence-electron chi connectivity index (χ2n) is 5.08. The number of alkyl halides is 3. The first-order chi connectivity index (χ1) is 8.86. The summed E-state index contributed by atoms with van der Waals surface area (Å²) in [5, 5.41) is 9.97. The average Bonchev–Trinajstić information content (AvgIpc) is 2.32. The third kappa shape index (κ3) is 3.56. The molecular formula is C12H17F3N4. The summed E-state index contributed by atoms with van der Waals surface area (Å²) in [6.45, 7) is 4.05. The van der Waals surface area contributed by atoms with Crippen LogP contribution in [0.5, 0.6) is 0 Å². The number of nitrogens with one attached hydrogen (secondary N) is 1. The Hall–Kier alpha value is -1.37. The van der Waals surface area contributed by atoms with Gasteiger partial charge in [0.05, 0.1) is 0 Å². The van der Waals surface area contributed by atoms with Gasteiger partial charge in [-0.3, -0.25) is 0 Å². The number of likely N-dealkylation sites (tertiary alicyclic amines) is 1. The van der Waals surface area contributed by atoms with Gasteiger partial charge in [0.1, 0.15) is 5.82 Å². The molecule has 1 N–H and O–H groups in total. The van der Waals surface area contributed by atoms with Crippen LogP contribution in [0.3, 0.4) is 0 Å². The zero-order valence-corrected chi connectivity index (χ0v) is 10.9. The van der Waals surface area contributed by atoms with Crippen molar-refractivity contribution < 1.29 is 13.2 Å². The molecular weight excluding hydrogens is 257 g/mol. The minimum atomic E-state index is -4.44. The summed E-state index contributed by atoms with van der Waals surface area (Å²) >= 11 is 0. The van der Waals surface area contributed by atoms with Crippen LogP contribution in [0.15, 0.2) is 12.1 Å². The number of aromatic nitrogens is 2. The van der Waals surface area contributed by atoms with Crippen LogP contribution in [-0.4, -0.2) is 41.3 Å². The van der Waals surface area contributed by atoms with Crippen LogP contribution in [0, 0.1) is 5.92 Å². The lowest BCUT2D eigenvalue weighted by molar-refractivity contribution is -0.141. The maximum Gasteiger partial charge on any atom is 0.435 e. The van der Waals surface area contributed by atoms with E-state index in [1.54, 1.807) is 0 Å². The molecule has 0 bridgehead atoms. The Labute approximate surface area is 110 Å². The van der Waals surface area contributed by atoms with E-state index in [1.165, 1.54) is 6.07 Å². The summed E-state index contributed by atoms with van der Waals surface area (Å²) in [5.74, 6) is 0.817. The fourth-order valence-electron chi connectivity index (χ4n) is 2.32. The molecule has 2 rings (SSSR count). The van der Waals surface area contributed by atoms with E-state index in [4.69, 9.17) is 0 Å². The predicted molar refractivity (Wildman–Crippen MR) is 65.7 cm³/mol. The highest BCUT2D eigenvalue weighted by atomic mass is 19.4. The van der Waals surface area contributed by atoms with Gasteiger partial charge >= 0.3 is 6.18 Å². The molecule has 4 nitrogen and oxygen atoms in total. The average molecular weight is 274 g/mol. The van der Waals surface area contributed by atoms with Crippen molar-refractivity contribution in [1.29, 1.82) is 0 Å². The van der Waals surface area contributed by atoms with Crippen molar-refractivity contribution in [2.24, 2.45) is 5.92 Å². The summed E-state index contributed by atoms with van der Waals surface area (Å²) < 4.78 is 37.1. The normalized spacial score (nSPS) is 25.3. The second-order valence-corrected chi connectivity index (χ2v) is 5.08. The third-order valence-electron chi connectivity index (χ3n) is 3.40. The summed E-state index contributed by atoms with van der Waals surface area (Å²) in [7, 11) is 2.06. The zero-order chi connectivity index (χ0) is 14.0. The maximum atomic E-state index is 12.4. The molecule has 106 valence electrons. The fourth-order valence-corrected chi connectivity index (χ4v) is 2.32. The molecule has 2 heterocycles. The Morgan fingerprint density at radius 1 is 1.32 bits per heavy atom. The molecule has 1 saturated heterocycles. The van der Waals surface area contributed by atoms with E-state index in [2.05, 4.69) is 34.4 Å². The molecule has 1 aliphatic heterocycles. The summed E-state index contributed by atoms with van der Waals surface area (Å²) in [6, 6.07) is 2.51. The SMILES string of the molecule is CC1CN(C)CCC1Nc1ccc(C(F)(F)F)nn1. The van der Waals surface area contributed by atoms with Gasteiger partial charge in [-0.15, -0.1) is 10.2 Å². The van der Waals surface area contributed by atoms with Crippen LogP contribution in [-0.2, 0) is 6.18 Å². The van der Waals surface area contributed by atoms with Crippen molar-refractivity contribution in [1.82, 2.24) is 15.1 Å². The molecule has 0 aromatic carbocycles. The molecule has 0 spiro atoms. The zero-order valence-electron chi connectivity index (χ0n) is 10.9.